The first-order valence-electron chi connectivity index (χ1n) is 12.0. The summed E-state index contributed by atoms with van der Waals surface area (Å²) in [5.41, 5.74) is 2.43. The lowest BCUT2D eigenvalue weighted by Crippen LogP contribution is -2.44. The Hall–Kier alpha value is -2.53. The minimum absolute atomic E-state index is 0.149. The zero-order chi connectivity index (χ0) is 22.2. The molecule has 32 heavy (non-hydrogen) atoms. The van der Waals surface area contributed by atoms with Crippen LogP contribution >= 0.6 is 0 Å². The van der Waals surface area contributed by atoms with Crippen molar-refractivity contribution in [3.8, 4) is 11.1 Å². The second-order valence-corrected chi connectivity index (χ2v) is 9.69. The highest BCUT2D eigenvalue weighted by atomic mass is 19.1. The summed E-state index contributed by atoms with van der Waals surface area (Å²) in [6.07, 6.45) is 6.36. The summed E-state index contributed by atoms with van der Waals surface area (Å²) in [4.78, 5) is 29.7. The van der Waals surface area contributed by atoms with Crippen molar-refractivity contribution in [1.29, 1.82) is 0 Å². The second-order valence-electron chi connectivity index (χ2n) is 9.69. The van der Waals surface area contributed by atoms with E-state index in [9.17, 15) is 9.59 Å². The molecule has 2 unspecified atom stereocenters. The van der Waals surface area contributed by atoms with Gasteiger partial charge in [-0.05, 0) is 75.3 Å². The van der Waals surface area contributed by atoms with Gasteiger partial charge in [-0.25, -0.2) is 4.39 Å². The lowest BCUT2D eigenvalue weighted by Gasteiger charge is -2.31. The second kappa shape index (κ2) is 8.78. The van der Waals surface area contributed by atoms with Gasteiger partial charge in [0.2, 0.25) is 0 Å². The smallest absolute Gasteiger partial charge is 0.257 e. The van der Waals surface area contributed by atoms with Crippen LogP contribution in [0, 0.1) is 11.7 Å². The van der Waals surface area contributed by atoms with Crippen LogP contribution < -0.4 is 0 Å². The number of nitrogens with zero attached hydrogens (tertiary/aromatic N) is 2. The van der Waals surface area contributed by atoms with E-state index >= 15 is 4.39 Å². The molecule has 2 atom stereocenters. The van der Waals surface area contributed by atoms with Gasteiger partial charge in [0.25, 0.3) is 5.91 Å². The molecule has 3 aliphatic rings. The van der Waals surface area contributed by atoms with E-state index in [-0.39, 0.29) is 29.2 Å². The summed E-state index contributed by atoms with van der Waals surface area (Å²) < 4.78 is 15.0. The number of carbonyl (C=O) groups excluding carboxylic acids is 2. The third-order valence-electron chi connectivity index (χ3n) is 7.42. The summed E-state index contributed by atoms with van der Waals surface area (Å²) >= 11 is 0. The molecule has 1 aliphatic carbocycles. The fraction of sp³-hybridized carbons (Fsp3) is 0.481. The maximum Gasteiger partial charge on any atom is 0.257 e. The van der Waals surface area contributed by atoms with Crippen molar-refractivity contribution in [2.45, 2.75) is 57.5 Å². The van der Waals surface area contributed by atoms with Crippen molar-refractivity contribution in [3.63, 3.8) is 0 Å². The Labute approximate surface area is 189 Å². The van der Waals surface area contributed by atoms with E-state index in [0.29, 0.717) is 18.2 Å². The zero-order valence-electron chi connectivity index (χ0n) is 18.7. The van der Waals surface area contributed by atoms with Crippen LogP contribution in [0.15, 0.2) is 42.5 Å². The average molecular weight is 435 g/mol. The van der Waals surface area contributed by atoms with E-state index in [1.165, 1.54) is 18.9 Å². The van der Waals surface area contributed by atoms with E-state index in [0.717, 1.165) is 49.9 Å². The van der Waals surface area contributed by atoms with E-state index in [1.54, 1.807) is 6.07 Å². The number of likely N-dealkylation sites (tertiary alicyclic amines) is 2. The quantitative estimate of drug-likeness (QED) is 0.589. The molecule has 5 rings (SSSR count). The molecule has 2 aromatic rings. The molecule has 168 valence electrons. The van der Waals surface area contributed by atoms with Gasteiger partial charge in [-0.1, -0.05) is 30.3 Å². The van der Waals surface area contributed by atoms with Crippen LogP contribution in [0.1, 0.15) is 66.2 Å². The molecule has 1 amide bonds. The Balaban J connectivity index is 1.30. The molecule has 3 fully saturated rings. The van der Waals surface area contributed by atoms with Crippen molar-refractivity contribution < 1.29 is 14.0 Å². The van der Waals surface area contributed by atoms with Gasteiger partial charge in [0, 0.05) is 36.7 Å². The first-order valence-corrected chi connectivity index (χ1v) is 12.0. The Morgan fingerprint density at radius 2 is 1.66 bits per heavy atom. The Morgan fingerprint density at radius 1 is 0.938 bits per heavy atom. The molecular formula is C27H31FN2O2. The Kier molecular flexibility index (Phi) is 5.85. The van der Waals surface area contributed by atoms with Crippen molar-refractivity contribution >= 4 is 11.7 Å². The van der Waals surface area contributed by atoms with Gasteiger partial charge >= 0.3 is 0 Å². The third kappa shape index (κ3) is 4.23. The minimum Gasteiger partial charge on any atom is -0.334 e. The van der Waals surface area contributed by atoms with Crippen molar-refractivity contribution in [3.05, 3.63) is 59.4 Å². The minimum atomic E-state index is -0.481. The molecule has 2 aliphatic heterocycles. The number of hydrogen-bond acceptors (Lipinski definition) is 3. The van der Waals surface area contributed by atoms with Gasteiger partial charge < -0.3 is 4.90 Å². The monoisotopic (exact) mass is 434 g/mol. The van der Waals surface area contributed by atoms with Crippen LogP contribution in [0.3, 0.4) is 0 Å². The van der Waals surface area contributed by atoms with Crippen LogP contribution in [0.5, 0.6) is 0 Å². The third-order valence-corrected chi connectivity index (χ3v) is 7.42. The fourth-order valence-corrected chi connectivity index (χ4v) is 5.26. The fourth-order valence-electron chi connectivity index (χ4n) is 5.26. The number of benzene rings is 2. The molecule has 4 nitrogen and oxygen atoms in total. The lowest BCUT2D eigenvalue weighted by atomic mass is 9.99. The highest BCUT2D eigenvalue weighted by Gasteiger charge is 2.34. The van der Waals surface area contributed by atoms with Gasteiger partial charge in [-0.2, -0.15) is 0 Å². The van der Waals surface area contributed by atoms with E-state index < -0.39 is 5.82 Å². The van der Waals surface area contributed by atoms with E-state index in [1.807, 2.05) is 35.2 Å². The number of rotatable bonds is 6. The normalized spacial score (nSPS) is 23.6. The van der Waals surface area contributed by atoms with Crippen LogP contribution in [0.2, 0.25) is 0 Å². The highest BCUT2D eigenvalue weighted by Crippen LogP contribution is 2.33. The Bertz CT molecular complexity index is 1010. The first kappa shape index (κ1) is 21.3. The molecule has 2 aromatic carbocycles. The molecule has 5 heteroatoms. The number of carbonyl (C=O) groups is 2. The number of amides is 1. The number of ketones is 1. The van der Waals surface area contributed by atoms with E-state index in [4.69, 9.17) is 0 Å². The lowest BCUT2D eigenvalue weighted by molar-refractivity contribution is 0.0692. The molecule has 2 heterocycles. The van der Waals surface area contributed by atoms with Crippen molar-refractivity contribution in [2.75, 3.05) is 19.6 Å². The van der Waals surface area contributed by atoms with Crippen molar-refractivity contribution in [2.24, 2.45) is 5.92 Å². The zero-order valence-corrected chi connectivity index (χ0v) is 18.7. The SMILES string of the molecule is CC1CCCN1CC1CCCN1C(=O)c1ccc(-c2ccc(C(=O)C3CC3)cc2)cc1F. The van der Waals surface area contributed by atoms with Crippen LogP contribution in [-0.4, -0.2) is 53.2 Å². The van der Waals surface area contributed by atoms with E-state index in [2.05, 4.69) is 11.8 Å². The molecule has 0 N–H and O–H groups in total. The average Bonchev–Trinajstić information content (AvgIpc) is 3.43. The van der Waals surface area contributed by atoms with Crippen molar-refractivity contribution in [1.82, 2.24) is 9.80 Å². The summed E-state index contributed by atoms with van der Waals surface area (Å²) in [5, 5.41) is 0. The maximum absolute atomic E-state index is 15.0. The number of Topliss-reactive ketones (excluding diaryl/α,β-unsaturated/α-hetero) is 1. The molecule has 0 radical (unpaired) electrons. The summed E-state index contributed by atoms with van der Waals surface area (Å²) in [7, 11) is 0. The molecule has 0 bridgehead atoms. The first-order chi connectivity index (χ1) is 15.5. The standard InChI is InChI=1S/C27H31FN2O2/c1-18-4-2-14-29(18)17-23-5-3-15-30(23)27(32)24-13-12-22(16-25(24)28)19-6-8-20(9-7-19)26(31)21-10-11-21/h6-9,12-13,16,18,21,23H,2-5,10-11,14-15,17H2,1H3. The highest BCUT2D eigenvalue weighted by molar-refractivity contribution is 5.99. The van der Waals surface area contributed by atoms with Crippen LogP contribution in [0.25, 0.3) is 11.1 Å². The number of halogens is 1. The summed E-state index contributed by atoms with van der Waals surface area (Å²) in [5.74, 6) is -0.293. The van der Waals surface area contributed by atoms with Gasteiger partial charge in [0.1, 0.15) is 5.82 Å². The molecule has 2 saturated heterocycles. The topological polar surface area (TPSA) is 40.6 Å². The predicted molar refractivity (Wildman–Crippen MR) is 123 cm³/mol. The number of hydrogen-bond donors (Lipinski definition) is 0. The summed E-state index contributed by atoms with van der Waals surface area (Å²) in [6, 6.07) is 13.0. The summed E-state index contributed by atoms with van der Waals surface area (Å²) in [6.45, 7) is 4.93. The van der Waals surface area contributed by atoms with Gasteiger partial charge in [0.15, 0.2) is 5.78 Å². The molecule has 1 saturated carbocycles. The van der Waals surface area contributed by atoms with Gasteiger partial charge in [-0.15, -0.1) is 0 Å². The maximum atomic E-state index is 15.0. The van der Waals surface area contributed by atoms with Crippen LogP contribution in [0.4, 0.5) is 4.39 Å². The molecular weight excluding hydrogens is 403 g/mol. The van der Waals surface area contributed by atoms with Gasteiger partial charge in [-0.3, -0.25) is 14.5 Å². The Morgan fingerprint density at radius 3 is 2.31 bits per heavy atom. The molecule has 0 spiro atoms. The van der Waals surface area contributed by atoms with Gasteiger partial charge in [0.05, 0.1) is 5.56 Å². The predicted octanol–water partition coefficient (Wildman–Crippen LogP) is 5.17. The largest absolute Gasteiger partial charge is 0.334 e. The molecule has 0 aromatic heterocycles. The van der Waals surface area contributed by atoms with Crippen LogP contribution in [-0.2, 0) is 0 Å².